The van der Waals surface area contributed by atoms with E-state index >= 15 is 0 Å². The van der Waals surface area contributed by atoms with E-state index in [0.29, 0.717) is 12.6 Å². The van der Waals surface area contributed by atoms with Crippen molar-refractivity contribution in [1.82, 2.24) is 4.90 Å². The van der Waals surface area contributed by atoms with Crippen molar-refractivity contribution in [3.8, 4) is 5.75 Å². The number of rotatable bonds is 6. The number of hydrogen-bond acceptors (Lipinski definition) is 3. The van der Waals surface area contributed by atoms with E-state index in [4.69, 9.17) is 10.5 Å². The van der Waals surface area contributed by atoms with Crippen LogP contribution in [0.1, 0.15) is 31.4 Å². The van der Waals surface area contributed by atoms with Crippen molar-refractivity contribution in [3.63, 3.8) is 0 Å². The van der Waals surface area contributed by atoms with Gasteiger partial charge in [-0.25, -0.2) is 0 Å². The second-order valence-corrected chi connectivity index (χ2v) is 5.27. The molecule has 2 unspecified atom stereocenters. The normalized spacial score (nSPS) is 18.7. The van der Waals surface area contributed by atoms with Crippen LogP contribution < -0.4 is 10.5 Å². The molecule has 100 valence electrons. The van der Waals surface area contributed by atoms with Crippen LogP contribution in [-0.2, 0) is 0 Å². The average molecular weight is 248 g/mol. The highest BCUT2D eigenvalue weighted by Crippen LogP contribution is 2.37. The highest BCUT2D eigenvalue weighted by Gasteiger charge is 2.33. The topological polar surface area (TPSA) is 38.5 Å². The molecule has 1 saturated carbocycles. The first-order valence-corrected chi connectivity index (χ1v) is 6.73. The third kappa shape index (κ3) is 2.85. The Morgan fingerprint density at radius 1 is 1.44 bits per heavy atom. The van der Waals surface area contributed by atoms with Crippen LogP contribution in [0, 0.1) is 5.92 Å². The van der Waals surface area contributed by atoms with Gasteiger partial charge >= 0.3 is 0 Å². The van der Waals surface area contributed by atoms with Crippen LogP contribution in [0.25, 0.3) is 0 Å². The fraction of sp³-hybridized carbons (Fsp3) is 0.600. The van der Waals surface area contributed by atoms with Crippen LogP contribution in [0.4, 0.5) is 0 Å². The van der Waals surface area contributed by atoms with E-state index in [9.17, 15) is 0 Å². The Labute approximate surface area is 110 Å². The minimum atomic E-state index is 0.274. The van der Waals surface area contributed by atoms with Gasteiger partial charge in [-0.2, -0.15) is 0 Å². The minimum Gasteiger partial charge on any atom is -0.497 e. The lowest BCUT2D eigenvalue weighted by Gasteiger charge is -2.33. The Bertz CT molecular complexity index is 390. The number of nitrogens with zero attached hydrogens (tertiary/aromatic N) is 1. The van der Waals surface area contributed by atoms with Gasteiger partial charge in [-0.05, 0) is 50.4 Å². The summed E-state index contributed by atoms with van der Waals surface area (Å²) in [5, 5.41) is 0. The van der Waals surface area contributed by atoms with Crippen LogP contribution in [0.3, 0.4) is 0 Å². The molecule has 2 rings (SSSR count). The highest BCUT2D eigenvalue weighted by atomic mass is 16.5. The zero-order valence-corrected chi connectivity index (χ0v) is 11.6. The molecule has 0 aliphatic heterocycles. The van der Waals surface area contributed by atoms with Gasteiger partial charge < -0.3 is 10.5 Å². The lowest BCUT2D eigenvalue weighted by molar-refractivity contribution is 0.171. The summed E-state index contributed by atoms with van der Waals surface area (Å²) in [6.07, 6.45) is 2.72. The van der Waals surface area contributed by atoms with E-state index < -0.39 is 0 Å². The standard InChI is InChI=1S/C15H24N2O/c1-11(12-7-8-12)17(2)15(10-16)13-5-4-6-14(9-13)18-3/h4-6,9,11-12,15H,7-8,10,16H2,1-3H3. The van der Waals surface area contributed by atoms with Crippen molar-refractivity contribution >= 4 is 0 Å². The summed E-state index contributed by atoms with van der Waals surface area (Å²) in [5.41, 5.74) is 7.22. The summed E-state index contributed by atoms with van der Waals surface area (Å²) in [7, 11) is 3.88. The molecule has 0 radical (unpaired) electrons. The van der Waals surface area contributed by atoms with Gasteiger partial charge in [-0.3, -0.25) is 4.90 Å². The Morgan fingerprint density at radius 2 is 2.17 bits per heavy atom. The summed E-state index contributed by atoms with van der Waals surface area (Å²) in [4.78, 5) is 2.41. The fourth-order valence-electron chi connectivity index (χ4n) is 2.58. The quantitative estimate of drug-likeness (QED) is 0.840. The summed E-state index contributed by atoms with van der Waals surface area (Å²) < 4.78 is 5.29. The summed E-state index contributed by atoms with van der Waals surface area (Å²) >= 11 is 0. The minimum absolute atomic E-state index is 0.274. The molecule has 2 atom stereocenters. The Hall–Kier alpha value is -1.06. The van der Waals surface area contributed by atoms with E-state index in [1.807, 2.05) is 12.1 Å². The van der Waals surface area contributed by atoms with Crippen LogP contribution >= 0.6 is 0 Å². The highest BCUT2D eigenvalue weighted by molar-refractivity contribution is 5.30. The average Bonchev–Trinajstić information content (AvgIpc) is 3.23. The van der Waals surface area contributed by atoms with Gasteiger partial charge in [0.25, 0.3) is 0 Å². The molecule has 1 aromatic carbocycles. The van der Waals surface area contributed by atoms with Crippen molar-refractivity contribution in [2.24, 2.45) is 11.7 Å². The maximum absolute atomic E-state index is 5.97. The third-order valence-electron chi connectivity index (χ3n) is 4.14. The molecule has 0 amide bonds. The zero-order chi connectivity index (χ0) is 13.1. The number of ether oxygens (including phenoxy) is 1. The summed E-state index contributed by atoms with van der Waals surface area (Å²) in [5.74, 6) is 1.76. The molecule has 18 heavy (non-hydrogen) atoms. The first-order chi connectivity index (χ1) is 8.67. The monoisotopic (exact) mass is 248 g/mol. The largest absolute Gasteiger partial charge is 0.497 e. The fourth-order valence-corrected chi connectivity index (χ4v) is 2.58. The molecule has 0 saturated heterocycles. The Balaban J connectivity index is 2.15. The van der Waals surface area contributed by atoms with Gasteiger partial charge in [0.05, 0.1) is 7.11 Å². The van der Waals surface area contributed by atoms with Gasteiger partial charge in [0, 0.05) is 18.6 Å². The molecule has 0 heterocycles. The van der Waals surface area contributed by atoms with E-state index in [-0.39, 0.29) is 6.04 Å². The third-order valence-corrected chi connectivity index (χ3v) is 4.14. The number of nitrogens with two attached hydrogens (primary N) is 1. The Kier molecular flexibility index (Phi) is 4.25. The zero-order valence-electron chi connectivity index (χ0n) is 11.6. The summed E-state index contributed by atoms with van der Waals surface area (Å²) in [6, 6.07) is 9.11. The van der Waals surface area contributed by atoms with Gasteiger partial charge in [-0.1, -0.05) is 12.1 Å². The molecule has 0 aromatic heterocycles. The second kappa shape index (κ2) is 5.72. The predicted molar refractivity (Wildman–Crippen MR) is 74.7 cm³/mol. The van der Waals surface area contributed by atoms with Gasteiger partial charge in [0.15, 0.2) is 0 Å². The predicted octanol–water partition coefficient (Wildman–Crippen LogP) is 2.43. The van der Waals surface area contributed by atoms with Gasteiger partial charge in [-0.15, -0.1) is 0 Å². The molecule has 1 aliphatic rings. The molecule has 1 fully saturated rings. The van der Waals surface area contributed by atoms with E-state index in [2.05, 4.69) is 31.0 Å². The van der Waals surface area contributed by atoms with E-state index in [0.717, 1.165) is 11.7 Å². The smallest absolute Gasteiger partial charge is 0.119 e. The van der Waals surface area contributed by atoms with Gasteiger partial charge in [0.2, 0.25) is 0 Å². The first kappa shape index (κ1) is 13.4. The maximum atomic E-state index is 5.97. The molecule has 1 aliphatic carbocycles. The first-order valence-electron chi connectivity index (χ1n) is 6.73. The molecule has 2 N–H and O–H groups in total. The van der Waals surface area contributed by atoms with Crippen molar-refractivity contribution in [3.05, 3.63) is 29.8 Å². The molecule has 0 bridgehead atoms. The Morgan fingerprint density at radius 3 is 2.72 bits per heavy atom. The number of methoxy groups -OCH3 is 1. The molecule has 0 spiro atoms. The van der Waals surface area contributed by atoms with Crippen molar-refractivity contribution in [2.45, 2.75) is 31.8 Å². The van der Waals surface area contributed by atoms with E-state index in [1.165, 1.54) is 18.4 Å². The molecular formula is C15H24N2O. The van der Waals surface area contributed by atoms with Crippen molar-refractivity contribution < 1.29 is 4.74 Å². The summed E-state index contributed by atoms with van der Waals surface area (Å²) in [6.45, 7) is 2.95. The lowest BCUT2D eigenvalue weighted by Crippen LogP contribution is -2.38. The molecule has 1 aromatic rings. The number of hydrogen-bond donors (Lipinski definition) is 1. The van der Waals surface area contributed by atoms with Crippen LogP contribution in [0.5, 0.6) is 5.75 Å². The number of benzene rings is 1. The molecule has 3 heteroatoms. The van der Waals surface area contributed by atoms with E-state index in [1.54, 1.807) is 7.11 Å². The van der Waals surface area contributed by atoms with Gasteiger partial charge in [0.1, 0.15) is 5.75 Å². The maximum Gasteiger partial charge on any atom is 0.119 e. The van der Waals surface area contributed by atoms with Crippen LogP contribution in [0.15, 0.2) is 24.3 Å². The van der Waals surface area contributed by atoms with Crippen molar-refractivity contribution in [1.29, 1.82) is 0 Å². The SMILES string of the molecule is COc1cccc(C(CN)N(C)C(C)C2CC2)c1. The number of likely N-dealkylation sites (N-methyl/N-ethyl adjacent to an activating group) is 1. The van der Waals surface area contributed by atoms with Crippen molar-refractivity contribution in [2.75, 3.05) is 20.7 Å². The lowest BCUT2D eigenvalue weighted by atomic mass is 10.0. The second-order valence-electron chi connectivity index (χ2n) is 5.27. The molecule has 3 nitrogen and oxygen atoms in total. The molecular weight excluding hydrogens is 224 g/mol. The van der Waals surface area contributed by atoms with Crippen LogP contribution in [0.2, 0.25) is 0 Å². The van der Waals surface area contributed by atoms with Crippen LogP contribution in [-0.4, -0.2) is 31.6 Å².